The molecule has 0 nitrogen and oxygen atoms in total. The van der Waals surface area contributed by atoms with Gasteiger partial charge in [-0.05, 0) is 12.3 Å². The molecule has 0 radical (unpaired) electrons. The largest absolute Gasteiger partial charge is 0.144 e. The zero-order chi connectivity index (χ0) is 6.41. The minimum absolute atomic E-state index is 0.635. The molecular weight excluding hydrogens is 103 g/mol. The van der Waals surface area contributed by atoms with Crippen molar-refractivity contribution < 1.29 is 4.39 Å². The van der Waals surface area contributed by atoms with Crippen LogP contribution in [0.5, 0.6) is 0 Å². The van der Waals surface area contributed by atoms with Crippen molar-refractivity contribution >= 4 is 0 Å². The van der Waals surface area contributed by atoms with Crippen molar-refractivity contribution in [1.29, 1.82) is 0 Å². The summed E-state index contributed by atoms with van der Waals surface area (Å²) in [5.74, 6) is 3.00. The first-order valence-corrected chi connectivity index (χ1v) is 2.86. The van der Waals surface area contributed by atoms with Gasteiger partial charge < -0.3 is 0 Å². The van der Waals surface area contributed by atoms with E-state index in [0.717, 1.165) is 6.42 Å². The summed E-state index contributed by atoms with van der Waals surface area (Å²) in [5, 5.41) is 0. The molecule has 46 valence electrons. The van der Waals surface area contributed by atoms with Gasteiger partial charge >= 0.3 is 0 Å². The van der Waals surface area contributed by atoms with E-state index < -0.39 is 0 Å². The third kappa shape index (κ3) is 5.49. The Kier molecular flexibility index (Phi) is 4.35. The Hall–Kier alpha value is -0.510. The number of hydrogen-bond acceptors (Lipinski definition) is 0. The highest BCUT2D eigenvalue weighted by atomic mass is 19.1. The van der Waals surface area contributed by atoms with Crippen molar-refractivity contribution in [3.05, 3.63) is 0 Å². The molecule has 0 rings (SSSR count). The van der Waals surface area contributed by atoms with Crippen LogP contribution in [0, 0.1) is 18.0 Å². The van der Waals surface area contributed by atoms with E-state index in [9.17, 15) is 4.39 Å². The smallest absolute Gasteiger partial charge is 0.105 e. The van der Waals surface area contributed by atoms with Gasteiger partial charge in [0.25, 0.3) is 0 Å². The van der Waals surface area contributed by atoms with Crippen molar-refractivity contribution in [2.45, 2.75) is 26.7 Å². The summed E-state index contributed by atoms with van der Waals surface area (Å²) in [5.41, 5.74) is 0. The van der Waals surface area contributed by atoms with Crippen molar-refractivity contribution in [2.24, 2.45) is 5.92 Å². The molecule has 8 heavy (non-hydrogen) atoms. The SMILES string of the molecule is CC(C)CCC#CF. The van der Waals surface area contributed by atoms with Gasteiger partial charge in [0.15, 0.2) is 0 Å². The van der Waals surface area contributed by atoms with E-state index in [0.29, 0.717) is 12.3 Å². The van der Waals surface area contributed by atoms with Crippen LogP contribution in [0.25, 0.3) is 0 Å². The van der Waals surface area contributed by atoms with Crippen molar-refractivity contribution in [1.82, 2.24) is 0 Å². The highest BCUT2D eigenvalue weighted by Gasteiger charge is 1.88. The number of halogens is 1. The third-order valence-electron chi connectivity index (χ3n) is 0.914. The molecule has 0 aromatic carbocycles. The average molecular weight is 114 g/mol. The van der Waals surface area contributed by atoms with Crippen LogP contribution >= 0.6 is 0 Å². The summed E-state index contributed by atoms with van der Waals surface area (Å²) in [6, 6.07) is 0. The van der Waals surface area contributed by atoms with E-state index in [1.54, 1.807) is 0 Å². The predicted octanol–water partition coefficient (Wildman–Crippen LogP) is 2.35. The van der Waals surface area contributed by atoms with E-state index in [2.05, 4.69) is 19.8 Å². The van der Waals surface area contributed by atoms with Gasteiger partial charge in [-0.2, -0.15) is 0 Å². The summed E-state index contributed by atoms with van der Waals surface area (Å²) in [4.78, 5) is 0. The minimum Gasteiger partial charge on any atom is -0.144 e. The van der Waals surface area contributed by atoms with Crippen LogP contribution in [0.1, 0.15) is 26.7 Å². The topological polar surface area (TPSA) is 0 Å². The molecule has 0 saturated heterocycles. The van der Waals surface area contributed by atoms with Crippen LogP contribution in [0.15, 0.2) is 0 Å². The first-order valence-electron chi connectivity index (χ1n) is 2.86. The summed E-state index contributed by atoms with van der Waals surface area (Å²) >= 11 is 0. The lowest BCUT2D eigenvalue weighted by molar-refractivity contribution is 0.598. The first kappa shape index (κ1) is 7.49. The van der Waals surface area contributed by atoms with E-state index in [-0.39, 0.29) is 0 Å². The van der Waals surface area contributed by atoms with Gasteiger partial charge in [0.2, 0.25) is 0 Å². The van der Waals surface area contributed by atoms with Gasteiger partial charge in [-0.25, -0.2) is 0 Å². The van der Waals surface area contributed by atoms with Gasteiger partial charge in [-0.3, -0.25) is 0 Å². The lowest BCUT2D eigenvalue weighted by Crippen LogP contribution is -1.83. The average Bonchev–Trinajstić information content (AvgIpc) is 1.66. The Morgan fingerprint density at radius 2 is 2.12 bits per heavy atom. The van der Waals surface area contributed by atoms with E-state index in [1.165, 1.54) is 6.17 Å². The van der Waals surface area contributed by atoms with Crippen LogP contribution in [0.4, 0.5) is 4.39 Å². The lowest BCUT2D eigenvalue weighted by atomic mass is 10.1. The Morgan fingerprint density at radius 3 is 2.50 bits per heavy atom. The summed E-state index contributed by atoms with van der Waals surface area (Å²) in [7, 11) is 0. The molecule has 0 saturated carbocycles. The summed E-state index contributed by atoms with van der Waals surface area (Å²) in [6.45, 7) is 4.19. The van der Waals surface area contributed by atoms with Gasteiger partial charge in [-0.15, -0.1) is 4.39 Å². The van der Waals surface area contributed by atoms with Crippen LogP contribution in [0.3, 0.4) is 0 Å². The molecule has 0 aliphatic rings. The maximum Gasteiger partial charge on any atom is 0.105 e. The van der Waals surface area contributed by atoms with Crippen molar-refractivity contribution in [3.8, 4) is 12.1 Å². The third-order valence-corrected chi connectivity index (χ3v) is 0.914. The Balaban J connectivity index is 3.01. The van der Waals surface area contributed by atoms with Gasteiger partial charge in [0.1, 0.15) is 6.17 Å². The Labute approximate surface area is 50.1 Å². The first-order chi connectivity index (χ1) is 3.77. The van der Waals surface area contributed by atoms with Gasteiger partial charge in [0.05, 0.1) is 0 Å². The van der Waals surface area contributed by atoms with Crippen molar-refractivity contribution in [2.75, 3.05) is 0 Å². The maximum absolute atomic E-state index is 11.1. The lowest BCUT2D eigenvalue weighted by Gasteiger charge is -1.95. The van der Waals surface area contributed by atoms with E-state index >= 15 is 0 Å². The molecule has 0 spiro atoms. The maximum atomic E-state index is 11.1. The Bertz CT molecular complexity index is 94.7. The highest BCUT2D eigenvalue weighted by molar-refractivity contribution is 4.89. The minimum atomic E-state index is 0.635. The number of hydrogen-bond donors (Lipinski definition) is 0. The van der Waals surface area contributed by atoms with Crippen LogP contribution in [-0.2, 0) is 0 Å². The van der Waals surface area contributed by atoms with Crippen LogP contribution in [0.2, 0.25) is 0 Å². The fourth-order valence-electron chi connectivity index (χ4n) is 0.408. The van der Waals surface area contributed by atoms with Gasteiger partial charge in [0, 0.05) is 6.42 Å². The molecule has 1 heteroatoms. The zero-order valence-electron chi connectivity index (χ0n) is 5.37. The monoisotopic (exact) mass is 114 g/mol. The normalized spacial score (nSPS) is 8.50. The molecule has 0 aromatic heterocycles. The molecular formula is C7H11F. The zero-order valence-corrected chi connectivity index (χ0v) is 5.37. The number of rotatable bonds is 2. The molecule has 0 N–H and O–H groups in total. The van der Waals surface area contributed by atoms with Crippen LogP contribution in [-0.4, -0.2) is 0 Å². The second kappa shape index (κ2) is 4.64. The van der Waals surface area contributed by atoms with Crippen LogP contribution < -0.4 is 0 Å². The standard InChI is InChI=1S/C7H11F/c1-7(2)5-3-4-6-8/h7H,3,5H2,1-2H3. The van der Waals surface area contributed by atoms with Gasteiger partial charge in [-0.1, -0.05) is 19.8 Å². The molecule has 0 fully saturated rings. The second-order valence-corrected chi connectivity index (χ2v) is 2.20. The summed E-state index contributed by atoms with van der Waals surface area (Å²) in [6.07, 6.45) is 3.06. The predicted molar refractivity (Wildman–Crippen MR) is 33.0 cm³/mol. The molecule has 0 unspecified atom stereocenters. The summed E-state index contributed by atoms with van der Waals surface area (Å²) < 4.78 is 11.1. The molecule has 0 heterocycles. The fraction of sp³-hybridized carbons (Fsp3) is 0.714. The molecule has 0 bridgehead atoms. The molecule has 0 aliphatic carbocycles. The highest BCUT2D eigenvalue weighted by Crippen LogP contribution is 2.00. The quantitative estimate of drug-likeness (QED) is 0.483. The molecule has 0 aliphatic heterocycles. The molecule has 0 atom stereocenters. The Morgan fingerprint density at radius 1 is 1.50 bits per heavy atom. The van der Waals surface area contributed by atoms with Crippen molar-refractivity contribution in [3.63, 3.8) is 0 Å². The second-order valence-electron chi connectivity index (χ2n) is 2.20. The van der Waals surface area contributed by atoms with E-state index in [1.807, 2.05) is 0 Å². The van der Waals surface area contributed by atoms with E-state index in [4.69, 9.17) is 0 Å². The molecule has 0 amide bonds. The molecule has 0 aromatic rings. The fourth-order valence-corrected chi connectivity index (χ4v) is 0.408.